The standard InChI is InChI=1S/C21H18ClN3O/c1-14-9-10-19-24-20(17-7-2-3-8-18(17)26)21(25(19)13-14)23-12-15-5-4-6-16(22)11-15/h2-11,13,23,26H,12H2,1H3. The van der Waals surface area contributed by atoms with Crippen LogP contribution in [0.2, 0.25) is 5.02 Å². The van der Waals surface area contributed by atoms with Crippen molar-refractivity contribution in [2.24, 2.45) is 0 Å². The zero-order valence-corrected chi connectivity index (χ0v) is 15.0. The minimum atomic E-state index is 0.207. The molecule has 0 aliphatic rings. The van der Waals surface area contributed by atoms with Gasteiger partial charge in [-0.05, 0) is 48.4 Å². The molecule has 0 unspecified atom stereocenters. The van der Waals surface area contributed by atoms with Gasteiger partial charge in [-0.15, -0.1) is 0 Å². The van der Waals surface area contributed by atoms with Gasteiger partial charge in [0.15, 0.2) is 0 Å². The number of aromatic hydroxyl groups is 1. The molecule has 0 bridgehead atoms. The van der Waals surface area contributed by atoms with Crippen molar-refractivity contribution in [3.8, 4) is 17.0 Å². The summed E-state index contributed by atoms with van der Waals surface area (Å²) in [6.45, 7) is 2.64. The fourth-order valence-electron chi connectivity index (χ4n) is 3.01. The van der Waals surface area contributed by atoms with E-state index in [4.69, 9.17) is 16.6 Å². The first kappa shape index (κ1) is 16.5. The molecule has 5 heteroatoms. The zero-order valence-electron chi connectivity index (χ0n) is 14.3. The molecule has 0 radical (unpaired) electrons. The Morgan fingerprint density at radius 1 is 1.08 bits per heavy atom. The topological polar surface area (TPSA) is 49.6 Å². The Balaban J connectivity index is 1.81. The van der Waals surface area contributed by atoms with E-state index < -0.39 is 0 Å². The lowest BCUT2D eigenvalue weighted by Crippen LogP contribution is -2.03. The van der Waals surface area contributed by atoms with E-state index in [1.807, 2.05) is 66.1 Å². The Hall–Kier alpha value is -2.98. The van der Waals surface area contributed by atoms with Crippen LogP contribution in [0.1, 0.15) is 11.1 Å². The third-order valence-electron chi connectivity index (χ3n) is 4.27. The number of phenolic OH excluding ortho intramolecular Hbond substituents is 1. The summed E-state index contributed by atoms with van der Waals surface area (Å²) in [5.74, 6) is 1.05. The third kappa shape index (κ3) is 3.11. The van der Waals surface area contributed by atoms with Gasteiger partial charge >= 0.3 is 0 Å². The van der Waals surface area contributed by atoms with Gasteiger partial charge in [0.1, 0.15) is 22.9 Å². The van der Waals surface area contributed by atoms with E-state index in [9.17, 15) is 5.11 Å². The number of hydrogen-bond donors (Lipinski definition) is 2. The van der Waals surface area contributed by atoms with Gasteiger partial charge in [0.05, 0.1) is 0 Å². The van der Waals surface area contributed by atoms with Crippen molar-refractivity contribution in [2.45, 2.75) is 13.5 Å². The molecule has 0 atom stereocenters. The molecule has 0 saturated heterocycles. The first-order chi connectivity index (χ1) is 12.6. The summed E-state index contributed by atoms with van der Waals surface area (Å²) in [4.78, 5) is 4.73. The largest absolute Gasteiger partial charge is 0.507 e. The Morgan fingerprint density at radius 2 is 1.92 bits per heavy atom. The zero-order chi connectivity index (χ0) is 18.1. The molecular formula is C21H18ClN3O. The summed E-state index contributed by atoms with van der Waals surface area (Å²) in [6.07, 6.45) is 2.03. The fraction of sp³-hybridized carbons (Fsp3) is 0.0952. The van der Waals surface area contributed by atoms with Gasteiger partial charge in [0, 0.05) is 23.3 Å². The number of nitrogens with zero attached hydrogens (tertiary/aromatic N) is 2. The number of nitrogens with one attached hydrogen (secondary N) is 1. The van der Waals surface area contributed by atoms with Crippen molar-refractivity contribution in [2.75, 3.05) is 5.32 Å². The maximum Gasteiger partial charge on any atom is 0.139 e. The Bertz CT molecular complexity index is 1090. The normalized spacial score (nSPS) is 11.0. The summed E-state index contributed by atoms with van der Waals surface area (Å²) in [5.41, 5.74) is 4.44. The number of pyridine rings is 1. The number of hydrogen-bond acceptors (Lipinski definition) is 3. The molecular weight excluding hydrogens is 346 g/mol. The number of anilines is 1. The van der Waals surface area contributed by atoms with E-state index in [2.05, 4.69) is 5.32 Å². The number of halogens is 1. The number of aromatic nitrogens is 2. The molecule has 0 saturated carbocycles. The van der Waals surface area contributed by atoms with Crippen molar-refractivity contribution in [3.05, 3.63) is 83.0 Å². The van der Waals surface area contributed by atoms with Gasteiger partial charge < -0.3 is 10.4 Å². The lowest BCUT2D eigenvalue weighted by molar-refractivity contribution is 0.477. The van der Waals surface area contributed by atoms with Crippen LogP contribution in [0.25, 0.3) is 16.9 Å². The smallest absolute Gasteiger partial charge is 0.139 e. The van der Waals surface area contributed by atoms with Crippen molar-refractivity contribution in [1.82, 2.24) is 9.38 Å². The van der Waals surface area contributed by atoms with Crippen LogP contribution in [0, 0.1) is 6.92 Å². The van der Waals surface area contributed by atoms with E-state index in [-0.39, 0.29) is 5.75 Å². The molecule has 2 N–H and O–H groups in total. The second kappa shape index (κ2) is 6.73. The van der Waals surface area contributed by atoms with Crippen LogP contribution in [-0.4, -0.2) is 14.5 Å². The van der Waals surface area contributed by atoms with Crippen LogP contribution in [0.3, 0.4) is 0 Å². The molecule has 0 aliphatic heterocycles. The molecule has 26 heavy (non-hydrogen) atoms. The predicted molar refractivity (Wildman–Crippen MR) is 106 cm³/mol. The monoisotopic (exact) mass is 363 g/mol. The van der Waals surface area contributed by atoms with Crippen LogP contribution < -0.4 is 5.32 Å². The molecule has 0 aliphatic carbocycles. The van der Waals surface area contributed by atoms with Gasteiger partial charge in [0.2, 0.25) is 0 Å². The number of benzene rings is 2. The maximum absolute atomic E-state index is 10.3. The number of aryl methyl sites for hydroxylation is 1. The Labute approximate surface area is 156 Å². The lowest BCUT2D eigenvalue weighted by atomic mass is 10.1. The molecule has 2 heterocycles. The Kier molecular flexibility index (Phi) is 4.27. The first-order valence-corrected chi connectivity index (χ1v) is 8.75. The van der Waals surface area contributed by atoms with E-state index >= 15 is 0 Å². The van der Waals surface area contributed by atoms with Gasteiger partial charge in [-0.3, -0.25) is 4.40 Å². The number of phenols is 1. The average Bonchev–Trinajstić information content (AvgIpc) is 2.98. The molecule has 4 nitrogen and oxygen atoms in total. The summed E-state index contributed by atoms with van der Waals surface area (Å²) >= 11 is 6.09. The van der Waals surface area contributed by atoms with Gasteiger partial charge in [-0.1, -0.05) is 41.9 Å². The molecule has 4 aromatic rings. The molecule has 0 spiro atoms. The van der Waals surface area contributed by atoms with Crippen LogP contribution in [0.15, 0.2) is 66.9 Å². The van der Waals surface area contributed by atoms with Crippen molar-refractivity contribution >= 4 is 23.1 Å². The number of imidazole rings is 1. The van der Waals surface area contributed by atoms with Crippen LogP contribution in [0.5, 0.6) is 5.75 Å². The summed E-state index contributed by atoms with van der Waals surface area (Å²) in [7, 11) is 0. The third-order valence-corrected chi connectivity index (χ3v) is 4.51. The number of rotatable bonds is 4. The fourth-order valence-corrected chi connectivity index (χ4v) is 3.23. The average molecular weight is 364 g/mol. The van der Waals surface area contributed by atoms with E-state index in [0.29, 0.717) is 17.1 Å². The highest BCUT2D eigenvalue weighted by atomic mass is 35.5. The van der Waals surface area contributed by atoms with E-state index in [0.717, 1.165) is 28.3 Å². The molecule has 0 fully saturated rings. The summed E-state index contributed by atoms with van der Waals surface area (Å²) < 4.78 is 2.02. The maximum atomic E-state index is 10.3. The molecule has 4 rings (SSSR count). The second-order valence-corrected chi connectivity index (χ2v) is 6.68. The highest BCUT2D eigenvalue weighted by Crippen LogP contribution is 2.34. The molecule has 2 aromatic carbocycles. The molecule has 130 valence electrons. The molecule has 2 aromatic heterocycles. The quantitative estimate of drug-likeness (QED) is 0.518. The van der Waals surface area contributed by atoms with Crippen molar-refractivity contribution in [3.63, 3.8) is 0 Å². The van der Waals surface area contributed by atoms with Gasteiger partial charge in [0.25, 0.3) is 0 Å². The Morgan fingerprint density at radius 3 is 2.73 bits per heavy atom. The van der Waals surface area contributed by atoms with Gasteiger partial charge in [-0.25, -0.2) is 4.98 Å². The minimum absolute atomic E-state index is 0.207. The van der Waals surface area contributed by atoms with E-state index in [1.165, 1.54) is 0 Å². The number of fused-ring (bicyclic) bond motifs is 1. The van der Waals surface area contributed by atoms with Gasteiger partial charge in [-0.2, -0.15) is 0 Å². The lowest BCUT2D eigenvalue weighted by Gasteiger charge is -2.10. The summed E-state index contributed by atoms with van der Waals surface area (Å²) in [5, 5.41) is 14.5. The number of para-hydroxylation sites is 1. The van der Waals surface area contributed by atoms with Crippen LogP contribution in [-0.2, 0) is 6.54 Å². The SMILES string of the molecule is Cc1ccc2nc(-c3ccccc3O)c(NCc3cccc(Cl)c3)n2c1. The summed E-state index contributed by atoms with van der Waals surface area (Å²) in [6, 6.07) is 19.0. The predicted octanol–water partition coefficient (Wildman–Crippen LogP) is 5.28. The second-order valence-electron chi connectivity index (χ2n) is 6.24. The highest BCUT2D eigenvalue weighted by Gasteiger charge is 2.16. The highest BCUT2D eigenvalue weighted by molar-refractivity contribution is 6.30. The van der Waals surface area contributed by atoms with Crippen molar-refractivity contribution in [1.29, 1.82) is 0 Å². The molecule has 0 amide bonds. The van der Waals surface area contributed by atoms with Crippen LogP contribution in [0.4, 0.5) is 5.82 Å². The first-order valence-electron chi connectivity index (χ1n) is 8.37. The minimum Gasteiger partial charge on any atom is -0.507 e. The van der Waals surface area contributed by atoms with E-state index in [1.54, 1.807) is 12.1 Å². The van der Waals surface area contributed by atoms with Crippen molar-refractivity contribution < 1.29 is 5.11 Å². The van der Waals surface area contributed by atoms with Crippen LogP contribution >= 0.6 is 11.6 Å².